The van der Waals surface area contributed by atoms with Crippen molar-refractivity contribution in [2.75, 3.05) is 25.0 Å². The second-order valence-corrected chi connectivity index (χ2v) is 7.06. The van der Waals surface area contributed by atoms with Crippen molar-refractivity contribution < 1.29 is 14.6 Å². The fourth-order valence-corrected chi connectivity index (χ4v) is 3.25. The van der Waals surface area contributed by atoms with E-state index in [9.17, 15) is 4.79 Å². The molecule has 1 aliphatic rings. The lowest BCUT2D eigenvalue weighted by Crippen LogP contribution is -2.40. The van der Waals surface area contributed by atoms with Crippen molar-refractivity contribution in [1.29, 1.82) is 0 Å². The van der Waals surface area contributed by atoms with E-state index >= 15 is 0 Å². The molecule has 1 unspecified atom stereocenters. The van der Waals surface area contributed by atoms with Crippen molar-refractivity contribution in [3.63, 3.8) is 0 Å². The van der Waals surface area contributed by atoms with Crippen LogP contribution in [-0.4, -0.2) is 51.6 Å². The van der Waals surface area contributed by atoms with Crippen LogP contribution in [-0.2, 0) is 13.5 Å². The molecule has 3 aromatic rings. The molecule has 29 heavy (non-hydrogen) atoms. The molecule has 0 amide bonds. The maximum atomic E-state index is 10.9. The average Bonchev–Trinajstić information content (AvgIpc) is 3.17. The second-order valence-electron chi connectivity index (χ2n) is 7.06. The maximum Gasteiger partial charge on any atom is 0.335 e. The lowest BCUT2D eigenvalue weighted by Gasteiger charge is -2.27. The average molecular weight is 393 g/mol. The molecule has 0 fully saturated rings. The lowest BCUT2D eigenvalue weighted by atomic mass is 10.1. The number of hydrogen-bond acceptors (Lipinski definition) is 6. The predicted octanol–water partition coefficient (Wildman–Crippen LogP) is 2.19. The molecule has 0 spiro atoms. The summed E-state index contributed by atoms with van der Waals surface area (Å²) in [6, 6.07) is 9.00. The van der Waals surface area contributed by atoms with Crippen molar-refractivity contribution in [2.24, 2.45) is 7.05 Å². The van der Waals surface area contributed by atoms with E-state index in [1.165, 1.54) is 0 Å². The Balaban J connectivity index is 1.26. The van der Waals surface area contributed by atoms with Gasteiger partial charge in [0, 0.05) is 37.1 Å². The largest absolute Gasteiger partial charge is 0.478 e. The van der Waals surface area contributed by atoms with Gasteiger partial charge in [0.15, 0.2) is 0 Å². The minimum Gasteiger partial charge on any atom is -0.478 e. The first-order valence-electron chi connectivity index (χ1n) is 9.51. The molecule has 0 aliphatic carbocycles. The number of pyridine rings is 1. The Bertz CT molecular complexity index is 1000. The number of aromatic nitrogens is 3. The van der Waals surface area contributed by atoms with Gasteiger partial charge in [-0.15, -0.1) is 0 Å². The minimum absolute atomic E-state index is 0.00590. The zero-order valence-corrected chi connectivity index (χ0v) is 16.1. The van der Waals surface area contributed by atoms with Crippen LogP contribution in [0.15, 0.2) is 48.9 Å². The van der Waals surface area contributed by atoms with Crippen LogP contribution >= 0.6 is 0 Å². The van der Waals surface area contributed by atoms with Crippen LogP contribution in [0.4, 0.5) is 5.69 Å². The molecule has 3 N–H and O–H groups in total. The molecular weight excluding hydrogens is 370 g/mol. The number of carbonyl (C=O) groups is 1. The topological polar surface area (TPSA) is 101 Å². The van der Waals surface area contributed by atoms with Gasteiger partial charge >= 0.3 is 5.97 Å². The number of carboxylic acid groups (broad SMARTS) is 1. The van der Waals surface area contributed by atoms with E-state index in [0.29, 0.717) is 24.5 Å². The van der Waals surface area contributed by atoms with E-state index < -0.39 is 5.97 Å². The SMILES string of the molecule is Cn1cc(-c2cnc3c(c2)NCC(CNCCc2ccc(C(=O)O)cc2)O3)cn1. The van der Waals surface area contributed by atoms with Crippen LogP contribution in [0.5, 0.6) is 5.88 Å². The summed E-state index contributed by atoms with van der Waals surface area (Å²) >= 11 is 0. The second kappa shape index (κ2) is 8.32. The Kier molecular flexibility index (Phi) is 5.44. The molecule has 0 saturated carbocycles. The Labute approximate surface area is 168 Å². The van der Waals surface area contributed by atoms with Crippen molar-refractivity contribution in [1.82, 2.24) is 20.1 Å². The van der Waals surface area contributed by atoms with Crippen molar-refractivity contribution in [3.8, 4) is 17.0 Å². The summed E-state index contributed by atoms with van der Waals surface area (Å²) in [6.07, 6.45) is 6.38. The first-order chi connectivity index (χ1) is 14.1. The first-order valence-corrected chi connectivity index (χ1v) is 9.51. The van der Waals surface area contributed by atoms with Gasteiger partial charge in [0.25, 0.3) is 0 Å². The van der Waals surface area contributed by atoms with Crippen LogP contribution in [0, 0.1) is 0 Å². The third-order valence-corrected chi connectivity index (χ3v) is 4.85. The number of nitrogens with zero attached hydrogens (tertiary/aromatic N) is 3. The van der Waals surface area contributed by atoms with Crippen molar-refractivity contribution in [2.45, 2.75) is 12.5 Å². The summed E-state index contributed by atoms with van der Waals surface area (Å²) in [4.78, 5) is 15.3. The van der Waals surface area contributed by atoms with E-state index in [2.05, 4.69) is 20.7 Å². The van der Waals surface area contributed by atoms with Gasteiger partial charge in [-0.3, -0.25) is 4.68 Å². The van der Waals surface area contributed by atoms with Crippen LogP contribution in [0.25, 0.3) is 11.1 Å². The number of rotatable bonds is 7. The summed E-state index contributed by atoms with van der Waals surface area (Å²) in [5.74, 6) is -0.294. The molecule has 0 radical (unpaired) electrons. The molecule has 8 nitrogen and oxygen atoms in total. The van der Waals surface area contributed by atoms with Crippen molar-refractivity contribution in [3.05, 3.63) is 60.0 Å². The quantitative estimate of drug-likeness (QED) is 0.529. The summed E-state index contributed by atoms with van der Waals surface area (Å²) in [7, 11) is 1.89. The maximum absolute atomic E-state index is 10.9. The van der Waals surface area contributed by atoms with Crippen LogP contribution in [0.1, 0.15) is 15.9 Å². The van der Waals surface area contributed by atoms with E-state index in [0.717, 1.165) is 35.3 Å². The zero-order valence-electron chi connectivity index (χ0n) is 16.1. The molecule has 1 aromatic carbocycles. The number of benzene rings is 1. The number of aryl methyl sites for hydroxylation is 1. The van der Waals surface area contributed by atoms with Gasteiger partial charge in [-0.25, -0.2) is 9.78 Å². The molecule has 0 saturated heterocycles. The summed E-state index contributed by atoms with van der Waals surface area (Å²) < 4.78 is 7.76. The predicted molar refractivity (Wildman–Crippen MR) is 109 cm³/mol. The van der Waals surface area contributed by atoms with Gasteiger partial charge in [-0.05, 0) is 36.7 Å². The standard InChI is InChI=1S/C21H23N5O3/c1-26-13-17(10-25-26)16-8-19-20(24-9-16)29-18(12-23-19)11-22-7-6-14-2-4-15(5-3-14)21(27)28/h2-5,8-10,13,18,22-23H,6-7,11-12H2,1H3,(H,27,28). The third-order valence-electron chi connectivity index (χ3n) is 4.85. The fourth-order valence-electron chi connectivity index (χ4n) is 3.25. The lowest BCUT2D eigenvalue weighted by molar-refractivity contribution is 0.0697. The Morgan fingerprint density at radius 2 is 2.14 bits per heavy atom. The highest BCUT2D eigenvalue weighted by Gasteiger charge is 2.20. The Morgan fingerprint density at radius 3 is 2.86 bits per heavy atom. The number of nitrogens with one attached hydrogen (secondary N) is 2. The van der Waals surface area contributed by atoms with Crippen LogP contribution in [0.3, 0.4) is 0 Å². The van der Waals surface area contributed by atoms with Crippen LogP contribution in [0.2, 0.25) is 0 Å². The third kappa shape index (κ3) is 4.55. The van der Waals surface area contributed by atoms with E-state index in [1.807, 2.05) is 37.6 Å². The summed E-state index contributed by atoms with van der Waals surface area (Å²) in [5.41, 5.74) is 4.31. The van der Waals surface area contributed by atoms with E-state index in [1.54, 1.807) is 23.0 Å². The van der Waals surface area contributed by atoms with Gasteiger partial charge in [0.2, 0.25) is 5.88 Å². The molecule has 0 bridgehead atoms. The molecule has 1 atom stereocenters. The molecule has 2 aromatic heterocycles. The van der Waals surface area contributed by atoms with Crippen LogP contribution < -0.4 is 15.4 Å². The highest BCUT2D eigenvalue weighted by Crippen LogP contribution is 2.30. The van der Waals surface area contributed by atoms with E-state index in [4.69, 9.17) is 9.84 Å². The molecule has 8 heteroatoms. The summed E-state index contributed by atoms with van der Waals surface area (Å²) in [5, 5.41) is 19.9. The van der Waals surface area contributed by atoms with Gasteiger partial charge < -0.3 is 20.5 Å². The minimum atomic E-state index is -0.905. The Hall–Kier alpha value is -3.39. The van der Waals surface area contributed by atoms with Gasteiger partial charge in [0.1, 0.15) is 6.10 Å². The highest BCUT2D eigenvalue weighted by molar-refractivity contribution is 5.87. The number of ether oxygens (including phenoxy) is 1. The zero-order chi connectivity index (χ0) is 20.2. The van der Waals surface area contributed by atoms with Gasteiger partial charge in [-0.1, -0.05) is 12.1 Å². The smallest absolute Gasteiger partial charge is 0.335 e. The number of hydrogen-bond donors (Lipinski definition) is 3. The number of carboxylic acids is 1. The number of aromatic carboxylic acids is 1. The van der Waals surface area contributed by atoms with E-state index in [-0.39, 0.29) is 6.10 Å². The van der Waals surface area contributed by atoms with Crippen molar-refractivity contribution >= 4 is 11.7 Å². The van der Waals surface area contributed by atoms with Gasteiger partial charge in [0.05, 0.1) is 24.0 Å². The molecule has 4 rings (SSSR count). The van der Waals surface area contributed by atoms with Gasteiger partial charge in [-0.2, -0.15) is 5.10 Å². The number of fused-ring (bicyclic) bond motifs is 1. The normalized spacial score (nSPS) is 15.3. The highest BCUT2D eigenvalue weighted by atomic mass is 16.5. The fraction of sp³-hybridized carbons (Fsp3) is 0.286. The summed E-state index contributed by atoms with van der Waals surface area (Å²) in [6.45, 7) is 2.18. The molecule has 150 valence electrons. The monoisotopic (exact) mass is 393 g/mol. The molecule has 3 heterocycles. The number of anilines is 1. The molecule has 1 aliphatic heterocycles. The first kappa shape index (κ1) is 18.9. The Morgan fingerprint density at radius 1 is 1.31 bits per heavy atom. The molecular formula is C21H23N5O3.